The van der Waals surface area contributed by atoms with Gasteiger partial charge < -0.3 is 4.90 Å². The average Bonchev–Trinajstić information content (AvgIpc) is 2.39. The van der Waals surface area contributed by atoms with Crippen LogP contribution in [0.25, 0.3) is 0 Å². The summed E-state index contributed by atoms with van der Waals surface area (Å²) in [6.07, 6.45) is 13.8. The van der Waals surface area contributed by atoms with Crippen LogP contribution in [0.2, 0.25) is 0 Å². The maximum absolute atomic E-state index is 2.57. The molecule has 19 heavy (non-hydrogen) atoms. The molecule has 0 spiro atoms. The van der Waals surface area contributed by atoms with Gasteiger partial charge in [-0.3, -0.25) is 0 Å². The first-order valence-electron chi connectivity index (χ1n) is 8.76. The largest absolute Gasteiger partial charge is 0.306 e. The van der Waals surface area contributed by atoms with Gasteiger partial charge in [-0.05, 0) is 38.3 Å². The number of hydrogen-bond acceptors (Lipinski definition) is 1. The molecule has 0 heterocycles. The van der Waals surface area contributed by atoms with Crippen molar-refractivity contribution in [1.82, 2.24) is 4.90 Å². The van der Waals surface area contributed by atoms with Crippen LogP contribution in [-0.4, -0.2) is 25.0 Å². The maximum atomic E-state index is 2.57. The summed E-state index contributed by atoms with van der Waals surface area (Å²) in [7, 11) is 2.31. The van der Waals surface area contributed by atoms with E-state index in [-0.39, 0.29) is 0 Å². The first-order chi connectivity index (χ1) is 9.08. The predicted octanol–water partition coefficient (Wildman–Crippen LogP) is 5.89. The normalized spacial score (nSPS) is 14.8. The molecule has 116 valence electrons. The number of hydrogen-bond donors (Lipinski definition) is 0. The van der Waals surface area contributed by atoms with Crippen molar-refractivity contribution in [3.05, 3.63) is 0 Å². The summed E-state index contributed by atoms with van der Waals surface area (Å²) in [5.41, 5.74) is 0.548. The van der Waals surface area contributed by atoms with Crippen molar-refractivity contribution in [3.8, 4) is 0 Å². The van der Waals surface area contributed by atoms with Crippen LogP contribution < -0.4 is 0 Å². The van der Waals surface area contributed by atoms with Gasteiger partial charge in [-0.2, -0.15) is 0 Å². The highest BCUT2D eigenvalue weighted by atomic mass is 15.1. The minimum atomic E-state index is 0.548. The van der Waals surface area contributed by atoms with Crippen LogP contribution in [0.15, 0.2) is 0 Å². The van der Waals surface area contributed by atoms with E-state index in [0.717, 1.165) is 0 Å². The second-order valence-electron chi connectivity index (χ2n) is 6.82. The molecule has 0 rings (SSSR count). The molecule has 0 bridgehead atoms. The van der Waals surface area contributed by atoms with Gasteiger partial charge in [-0.15, -0.1) is 0 Å². The first-order valence-corrected chi connectivity index (χ1v) is 8.76. The highest BCUT2D eigenvalue weighted by molar-refractivity contribution is 4.78. The lowest BCUT2D eigenvalue weighted by Crippen LogP contribution is -2.34. The number of unbranched alkanes of at least 4 members (excludes halogenated alkanes) is 5. The molecular formula is C18H39N. The van der Waals surface area contributed by atoms with Crippen LogP contribution in [0.5, 0.6) is 0 Å². The molecule has 0 aliphatic heterocycles. The molecule has 0 aliphatic carbocycles. The maximum Gasteiger partial charge on any atom is 0.00323 e. The SMILES string of the molecule is CCCCCCC(C)(CCCC)CN(C)CCCC. The van der Waals surface area contributed by atoms with Crippen molar-refractivity contribution < 1.29 is 0 Å². The summed E-state index contributed by atoms with van der Waals surface area (Å²) in [5.74, 6) is 0. The molecule has 0 aliphatic rings. The smallest absolute Gasteiger partial charge is 0.00323 e. The van der Waals surface area contributed by atoms with Crippen molar-refractivity contribution in [3.63, 3.8) is 0 Å². The Morgan fingerprint density at radius 2 is 1.32 bits per heavy atom. The van der Waals surface area contributed by atoms with E-state index in [4.69, 9.17) is 0 Å². The third-order valence-electron chi connectivity index (χ3n) is 4.31. The van der Waals surface area contributed by atoms with Gasteiger partial charge >= 0.3 is 0 Å². The minimum Gasteiger partial charge on any atom is -0.306 e. The second-order valence-corrected chi connectivity index (χ2v) is 6.82. The van der Waals surface area contributed by atoms with Crippen LogP contribution in [0, 0.1) is 5.41 Å². The minimum absolute atomic E-state index is 0.548. The Morgan fingerprint density at radius 3 is 1.89 bits per heavy atom. The van der Waals surface area contributed by atoms with Crippen LogP contribution in [-0.2, 0) is 0 Å². The zero-order valence-electron chi connectivity index (χ0n) is 14.4. The van der Waals surface area contributed by atoms with E-state index in [1.54, 1.807) is 0 Å². The fourth-order valence-corrected chi connectivity index (χ4v) is 3.02. The van der Waals surface area contributed by atoms with Crippen LogP contribution in [0.1, 0.15) is 91.9 Å². The van der Waals surface area contributed by atoms with E-state index in [1.165, 1.54) is 77.3 Å². The topological polar surface area (TPSA) is 3.24 Å². The van der Waals surface area contributed by atoms with E-state index >= 15 is 0 Å². The molecule has 0 aromatic carbocycles. The van der Waals surface area contributed by atoms with Gasteiger partial charge in [0.25, 0.3) is 0 Å². The summed E-state index contributed by atoms with van der Waals surface area (Å²) in [4.78, 5) is 2.57. The summed E-state index contributed by atoms with van der Waals surface area (Å²) in [6.45, 7) is 12.0. The molecule has 1 nitrogen and oxygen atoms in total. The van der Waals surface area contributed by atoms with Crippen molar-refractivity contribution in [1.29, 1.82) is 0 Å². The van der Waals surface area contributed by atoms with Crippen LogP contribution in [0.4, 0.5) is 0 Å². The van der Waals surface area contributed by atoms with Gasteiger partial charge in [-0.25, -0.2) is 0 Å². The summed E-state index contributed by atoms with van der Waals surface area (Å²) >= 11 is 0. The Hall–Kier alpha value is -0.0400. The Bertz CT molecular complexity index is 190. The average molecular weight is 270 g/mol. The highest BCUT2D eigenvalue weighted by Crippen LogP contribution is 2.31. The fraction of sp³-hybridized carbons (Fsp3) is 1.00. The molecule has 1 atom stereocenters. The molecular weight excluding hydrogens is 230 g/mol. The molecule has 0 aromatic rings. The van der Waals surface area contributed by atoms with Crippen LogP contribution >= 0.6 is 0 Å². The Kier molecular flexibility index (Phi) is 11.7. The van der Waals surface area contributed by atoms with Crippen LogP contribution in [0.3, 0.4) is 0 Å². The Labute approximate surface area is 123 Å². The number of rotatable bonds is 13. The zero-order valence-corrected chi connectivity index (χ0v) is 14.4. The van der Waals surface area contributed by atoms with Crippen molar-refractivity contribution in [2.45, 2.75) is 91.9 Å². The summed E-state index contributed by atoms with van der Waals surface area (Å²) in [5, 5.41) is 0. The van der Waals surface area contributed by atoms with E-state index in [0.29, 0.717) is 5.41 Å². The van der Waals surface area contributed by atoms with Gasteiger partial charge in [0.05, 0.1) is 0 Å². The second kappa shape index (κ2) is 11.8. The quantitative estimate of drug-likeness (QED) is 0.377. The third-order valence-corrected chi connectivity index (χ3v) is 4.31. The molecule has 0 N–H and O–H groups in total. The molecule has 0 saturated heterocycles. The fourth-order valence-electron chi connectivity index (χ4n) is 3.02. The van der Waals surface area contributed by atoms with E-state index in [2.05, 4.69) is 39.6 Å². The molecule has 1 heteroatoms. The predicted molar refractivity (Wildman–Crippen MR) is 88.8 cm³/mol. The summed E-state index contributed by atoms with van der Waals surface area (Å²) in [6, 6.07) is 0. The highest BCUT2D eigenvalue weighted by Gasteiger charge is 2.24. The van der Waals surface area contributed by atoms with Gasteiger partial charge in [0.2, 0.25) is 0 Å². The number of nitrogens with zero attached hydrogens (tertiary/aromatic N) is 1. The lowest BCUT2D eigenvalue weighted by molar-refractivity contribution is 0.158. The molecule has 0 aromatic heterocycles. The molecule has 0 saturated carbocycles. The Morgan fingerprint density at radius 1 is 0.737 bits per heavy atom. The lowest BCUT2D eigenvalue weighted by atomic mass is 9.79. The van der Waals surface area contributed by atoms with Gasteiger partial charge in [0.15, 0.2) is 0 Å². The molecule has 1 unspecified atom stereocenters. The van der Waals surface area contributed by atoms with E-state index < -0.39 is 0 Å². The Balaban J connectivity index is 4.15. The lowest BCUT2D eigenvalue weighted by Gasteiger charge is -2.34. The van der Waals surface area contributed by atoms with Gasteiger partial charge in [0, 0.05) is 6.54 Å². The molecule has 0 radical (unpaired) electrons. The molecule has 0 amide bonds. The zero-order chi connectivity index (χ0) is 14.6. The van der Waals surface area contributed by atoms with Crippen molar-refractivity contribution >= 4 is 0 Å². The standard InChI is InChI=1S/C18H39N/c1-6-9-12-13-15-18(4,14-10-7-2)17-19(5)16-11-8-3/h6-17H2,1-5H3. The third kappa shape index (κ3) is 10.4. The van der Waals surface area contributed by atoms with Crippen molar-refractivity contribution in [2.75, 3.05) is 20.1 Å². The first kappa shape index (κ1) is 19.0. The van der Waals surface area contributed by atoms with Crippen molar-refractivity contribution in [2.24, 2.45) is 5.41 Å². The van der Waals surface area contributed by atoms with Gasteiger partial charge in [-0.1, -0.05) is 72.6 Å². The molecule has 0 fully saturated rings. The monoisotopic (exact) mass is 269 g/mol. The van der Waals surface area contributed by atoms with Gasteiger partial charge in [0.1, 0.15) is 0 Å². The van der Waals surface area contributed by atoms with E-state index in [9.17, 15) is 0 Å². The summed E-state index contributed by atoms with van der Waals surface area (Å²) < 4.78 is 0. The van der Waals surface area contributed by atoms with E-state index in [1.807, 2.05) is 0 Å².